The molecule has 0 radical (unpaired) electrons. The Bertz CT molecular complexity index is 521. The number of likely N-dealkylation sites (tertiary alicyclic amines) is 1. The van der Waals surface area contributed by atoms with Crippen LogP contribution >= 0.6 is 0 Å². The second kappa shape index (κ2) is 5.53. The average Bonchev–Trinajstić information content (AvgIpc) is 2.92. The van der Waals surface area contributed by atoms with Crippen LogP contribution in [0.3, 0.4) is 0 Å². The molecule has 3 heterocycles. The highest BCUT2D eigenvalue weighted by Crippen LogP contribution is 2.26. The van der Waals surface area contributed by atoms with Gasteiger partial charge in [0.2, 0.25) is 0 Å². The van der Waals surface area contributed by atoms with E-state index in [-0.39, 0.29) is 0 Å². The minimum atomic E-state index is 0.559. The summed E-state index contributed by atoms with van der Waals surface area (Å²) in [6.45, 7) is 5.21. The highest BCUT2D eigenvalue weighted by molar-refractivity contribution is 5.15. The number of aromatic amines is 1. The molecule has 100 valence electrons. The minimum Gasteiger partial charge on any atom is -0.348 e. The van der Waals surface area contributed by atoms with Gasteiger partial charge in [-0.05, 0) is 38.4 Å². The third-order valence-corrected chi connectivity index (χ3v) is 3.76. The maximum absolute atomic E-state index is 4.68. The van der Waals surface area contributed by atoms with Gasteiger partial charge < -0.3 is 4.98 Å². The van der Waals surface area contributed by atoms with Crippen molar-refractivity contribution in [3.63, 3.8) is 0 Å². The maximum atomic E-state index is 4.68. The number of piperidine rings is 1. The Morgan fingerprint density at radius 2 is 2.37 bits per heavy atom. The normalized spacial score (nSPS) is 20.6. The third-order valence-electron chi connectivity index (χ3n) is 3.76. The maximum Gasteiger partial charge on any atom is 0.120 e. The Morgan fingerprint density at radius 3 is 3.16 bits per heavy atom. The minimum absolute atomic E-state index is 0.559. The van der Waals surface area contributed by atoms with E-state index in [0.29, 0.717) is 5.92 Å². The van der Waals surface area contributed by atoms with Gasteiger partial charge in [-0.2, -0.15) is 0 Å². The van der Waals surface area contributed by atoms with Crippen LogP contribution in [0.1, 0.15) is 36.0 Å². The van der Waals surface area contributed by atoms with Crippen molar-refractivity contribution >= 4 is 0 Å². The van der Waals surface area contributed by atoms with Crippen LogP contribution in [0.2, 0.25) is 0 Å². The van der Waals surface area contributed by atoms with Crippen LogP contribution in [0.25, 0.3) is 0 Å². The molecule has 2 aromatic rings. The summed E-state index contributed by atoms with van der Waals surface area (Å²) >= 11 is 0. The second-order valence-electron chi connectivity index (χ2n) is 5.31. The smallest absolute Gasteiger partial charge is 0.120 e. The van der Waals surface area contributed by atoms with E-state index in [1.165, 1.54) is 18.5 Å². The van der Waals surface area contributed by atoms with Gasteiger partial charge in [0.05, 0.1) is 6.54 Å². The Morgan fingerprint density at radius 1 is 1.42 bits per heavy atom. The van der Waals surface area contributed by atoms with Crippen LogP contribution in [-0.4, -0.2) is 32.9 Å². The number of nitrogens with one attached hydrogen (secondary N) is 1. The molecule has 4 heteroatoms. The topological polar surface area (TPSA) is 44.8 Å². The molecular formula is C15H20N4. The number of aryl methyl sites for hydroxylation is 1. The van der Waals surface area contributed by atoms with E-state index in [9.17, 15) is 0 Å². The molecule has 0 unspecified atom stereocenters. The zero-order chi connectivity index (χ0) is 13.1. The van der Waals surface area contributed by atoms with Crippen LogP contribution in [0.5, 0.6) is 0 Å². The summed E-state index contributed by atoms with van der Waals surface area (Å²) in [5.41, 5.74) is 2.35. The highest BCUT2D eigenvalue weighted by atomic mass is 15.2. The predicted molar refractivity (Wildman–Crippen MR) is 74.8 cm³/mol. The van der Waals surface area contributed by atoms with Gasteiger partial charge >= 0.3 is 0 Å². The molecular weight excluding hydrogens is 236 g/mol. The second-order valence-corrected chi connectivity index (χ2v) is 5.31. The van der Waals surface area contributed by atoms with Crippen LogP contribution in [-0.2, 0) is 6.54 Å². The molecule has 0 spiro atoms. The quantitative estimate of drug-likeness (QED) is 0.917. The Kier molecular flexibility index (Phi) is 3.60. The summed E-state index contributed by atoms with van der Waals surface area (Å²) in [5, 5.41) is 0. The molecule has 19 heavy (non-hydrogen) atoms. The fraction of sp³-hybridized carbons (Fsp3) is 0.467. The molecule has 1 atom stereocenters. The van der Waals surface area contributed by atoms with Crippen molar-refractivity contribution in [3.05, 3.63) is 47.8 Å². The molecule has 1 saturated heterocycles. The lowest BCUT2D eigenvalue weighted by molar-refractivity contribution is 0.194. The summed E-state index contributed by atoms with van der Waals surface area (Å²) in [6.07, 6.45) is 6.18. The number of rotatable bonds is 3. The molecule has 3 rings (SSSR count). The van der Waals surface area contributed by atoms with Crippen molar-refractivity contribution in [3.8, 4) is 0 Å². The third kappa shape index (κ3) is 3.01. The summed E-state index contributed by atoms with van der Waals surface area (Å²) in [5.74, 6) is 1.61. The van der Waals surface area contributed by atoms with Crippen LogP contribution in [0.4, 0.5) is 0 Å². The van der Waals surface area contributed by atoms with Crippen LogP contribution in [0.15, 0.2) is 30.6 Å². The molecule has 1 N–H and O–H groups in total. The fourth-order valence-electron chi connectivity index (χ4n) is 2.83. The van der Waals surface area contributed by atoms with E-state index in [1.54, 1.807) is 0 Å². The van der Waals surface area contributed by atoms with E-state index in [2.05, 4.69) is 45.0 Å². The van der Waals surface area contributed by atoms with Gasteiger partial charge in [0.1, 0.15) is 5.82 Å². The lowest BCUT2D eigenvalue weighted by atomic mass is 9.94. The van der Waals surface area contributed by atoms with Crippen molar-refractivity contribution in [1.29, 1.82) is 0 Å². The summed E-state index contributed by atoms with van der Waals surface area (Å²) in [7, 11) is 0. The van der Waals surface area contributed by atoms with E-state index < -0.39 is 0 Å². The van der Waals surface area contributed by atoms with Gasteiger partial charge in [0, 0.05) is 36.2 Å². The van der Waals surface area contributed by atoms with E-state index in [1.807, 2.05) is 12.4 Å². The Labute approximate surface area is 113 Å². The first-order valence-corrected chi connectivity index (χ1v) is 6.95. The fourth-order valence-corrected chi connectivity index (χ4v) is 2.83. The van der Waals surface area contributed by atoms with Crippen molar-refractivity contribution in [2.75, 3.05) is 13.1 Å². The van der Waals surface area contributed by atoms with Gasteiger partial charge in [-0.3, -0.25) is 9.88 Å². The van der Waals surface area contributed by atoms with E-state index in [0.717, 1.165) is 31.2 Å². The number of hydrogen-bond acceptors (Lipinski definition) is 3. The first kappa shape index (κ1) is 12.4. The van der Waals surface area contributed by atoms with Crippen molar-refractivity contribution < 1.29 is 0 Å². The number of imidazole rings is 1. The van der Waals surface area contributed by atoms with E-state index in [4.69, 9.17) is 0 Å². The molecule has 0 aliphatic carbocycles. The van der Waals surface area contributed by atoms with Crippen LogP contribution in [0, 0.1) is 6.92 Å². The van der Waals surface area contributed by atoms with Gasteiger partial charge in [0.15, 0.2) is 0 Å². The number of pyridine rings is 1. The highest BCUT2D eigenvalue weighted by Gasteiger charge is 2.22. The van der Waals surface area contributed by atoms with Crippen LogP contribution < -0.4 is 0 Å². The monoisotopic (exact) mass is 256 g/mol. The van der Waals surface area contributed by atoms with Crippen molar-refractivity contribution in [2.45, 2.75) is 32.2 Å². The SMILES string of the molecule is Cc1cccc([C@@H]2CCCN(Cc3ncc[nH]3)C2)n1. The predicted octanol–water partition coefficient (Wildman–Crippen LogP) is 2.49. The summed E-state index contributed by atoms with van der Waals surface area (Å²) in [6, 6.07) is 6.34. The number of aromatic nitrogens is 3. The molecule has 4 nitrogen and oxygen atoms in total. The van der Waals surface area contributed by atoms with Gasteiger partial charge in [-0.1, -0.05) is 6.07 Å². The molecule has 0 bridgehead atoms. The van der Waals surface area contributed by atoms with Gasteiger partial charge in [0.25, 0.3) is 0 Å². The molecule has 0 aromatic carbocycles. The zero-order valence-electron chi connectivity index (χ0n) is 11.3. The van der Waals surface area contributed by atoms with E-state index >= 15 is 0 Å². The Hall–Kier alpha value is -1.68. The molecule has 0 saturated carbocycles. The number of nitrogens with zero attached hydrogens (tertiary/aromatic N) is 3. The summed E-state index contributed by atoms with van der Waals surface area (Å²) < 4.78 is 0. The lowest BCUT2D eigenvalue weighted by Crippen LogP contribution is -2.34. The molecule has 1 aliphatic heterocycles. The summed E-state index contributed by atoms with van der Waals surface area (Å²) in [4.78, 5) is 14.6. The average molecular weight is 256 g/mol. The lowest BCUT2D eigenvalue weighted by Gasteiger charge is -2.31. The zero-order valence-corrected chi connectivity index (χ0v) is 11.3. The largest absolute Gasteiger partial charge is 0.348 e. The first-order valence-electron chi connectivity index (χ1n) is 6.95. The van der Waals surface area contributed by atoms with Crippen molar-refractivity contribution in [2.24, 2.45) is 0 Å². The standard InChI is InChI=1S/C15H20N4/c1-12-4-2-6-14(18-12)13-5-3-9-19(10-13)11-15-16-7-8-17-15/h2,4,6-8,13H,3,5,9-11H2,1H3,(H,16,17)/t13-/m1/s1. The molecule has 2 aromatic heterocycles. The van der Waals surface area contributed by atoms with Gasteiger partial charge in [-0.25, -0.2) is 4.98 Å². The number of hydrogen-bond donors (Lipinski definition) is 1. The Balaban J connectivity index is 1.67. The van der Waals surface area contributed by atoms with Gasteiger partial charge in [-0.15, -0.1) is 0 Å². The number of H-pyrrole nitrogens is 1. The molecule has 1 aliphatic rings. The first-order chi connectivity index (χ1) is 9.31. The van der Waals surface area contributed by atoms with Crippen molar-refractivity contribution in [1.82, 2.24) is 19.9 Å². The molecule has 0 amide bonds. The molecule has 1 fully saturated rings.